The van der Waals surface area contributed by atoms with Crippen LogP contribution in [0.2, 0.25) is 5.02 Å². The van der Waals surface area contributed by atoms with Crippen LogP contribution in [0.25, 0.3) is 0 Å². The third kappa shape index (κ3) is 3.31. The molecule has 0 radical (unpaired) electrons. The first-order valence-electron chi connectivity index (χ1n) is 8.29. The number of ether oxygens (including phenoxy) is 1. The van der Waals surface area contributed by atoms with Gasteiger partial charge in [0, 0.05) is 6.54 Å². The second kappa shape index (κ2) is 6.93. The largest absolute Gasteiger partial charge is 0.425 e. The summed E-state index contributed by atoms with van der Waals surface area (Å²) in [6.07, 6.45) is 3.50. The number of hydrogen-bond acceptors (Lipinski definition) is 4. The smallest absolute Gasteiger partial charge is 0.313 e. The predicted octanol–water partition coefficient (Wildman–Crippen LogP) is 3.12. The quantitative estimate of drug-likeness (QED) is 0.476. The second-order valence-corrected chi connectivity index (χ2v) is 6.89. The highest BCUT2D eigenvalue weighted by Crippen LogP contribution is 2.38. The molecular weight excluding hydrogens is 330 g/mol. The van der Waals surface area contributed by atoms with Gasteiger partial charge in [0.1, 0.15) is 5.75 Å². The van der Waals surface area contributed by atoms with Crippen molar-refractivity contribution in [3.8, 4) is 5.75 Å². The number of fused-ring (bicyclic) bond motifs is 1. The van der Waals surface area contributed by atoms with E-state index >= 15 is 0 Å². The molecule has 24 heavy (non-hydrogen) atoms. The Morgan fingerprint density at radius 1 is 1.21 bits per heavy atom. The van der Waals surface area contributed by atoms with Gasteiger partial charge in [-0.25, -0.2) is 0 Å². The van der Waals surface area contributed by atoms with Crippen LogP contribution >= 0.6 is 11.6 Å². The summed E-state index contributed by atoms with van der Waals surface area (Å²) in [7, 11) is 0. The zero-order chi connectivity index (χ0) is 17.3. The number of esters is 1. The molecular formula is C18H20ClNO4. The number of likely N-dealkylation sites (tertiary alicyclic amines) is 1. The molecule has 0 spiro atoms. The van der Waals surface area contributed by atoms with Gasteiger partial charge in [-0.2, -0.15) is 0 Å². The van der Waals surface area contributed by atoms with Crippen molar-refractivity contribution in [1.29, 1.82) is 0 Å². The van der Waals surface area contributed by atoms with E-state index in [4.69, 9.17) is 16.3 Å². The van der Waals surface area contributed by atoms with Crippen LogP contribution in [-0.2, 0) is 14.4 Å². The Balaban J connectivity index is 1.59. The maximum absolute atomic E-state index is 12.4. The molecule has 2 aliphatic rings. The summed E-state index contributed by atoms with van der Waals surface area (Å²) in [6.45, 7) is 1.95. The Labute approximate surface area is 145 Å². The molecule has 0 N–H and O–H groups in total. The number of benzene rings is 1. The Morgan fingerprint density at radius 3 is 2.46 bits per heavy atom. The normalized spacial score (nSPS) is 23.3. The van der Waals surface area contributed by atoms with E-state index in [1.807, 2.05) is 13.0 Å². The SMILES string of the molecule is Cc1ccc(Cl)c(OC(=O)CCN2C(=O)[C@H]3CCCC[C@H]3C2=O)c1. The molecule has 2 atom stereocenters. The highest BCUT2D eigenvalue weighted by molar-refractivity contribution is 6.32. The van der Waals surface area contributed by atoms with Gasteiger partial charge < -0.3 is 4.74 Å². The monoisotopic (exact) mass is 349 g/mol. The molecule has 1 saturated carbocycles. The van der Waals surface area contributed by atoms with E-state index in [0.717, 1.165) is 31.2 Å². The second-order valence-electron chi connectivity index (χ2n) is 6.48. The lowest BCUT2D eigenvalue weighted by atomic mass is 9.81. The van der Waals surface area contributed by atoms with E-state index in [1.54, 1.807) is 12.1 Å². The Hall–Kier alpha value is -1.88. The summed E-state index contributed by atoms with van der Waals surface area (Å²) in [5.41, 5.74) is 0.927. The van der Waals surface area contributed by atoms with Gasteiger partial charge in [-0.1, -0.05) is 30.5 Å². The number of aryl methyl sites for hydroxylation is 1. The van der Waals surface area contributed by atoms with E-state index in [0.29, 0.717) is 10.8 Å². The fraction of sp³-hybridized carbons (Fsp3) is 0.500. The maximum Gasteiger partial charge on any atom is 0.313 e. The van der Waals surface area contributed by atoms with Crippen LogP contribution < -0.4 is 4.74 Å². The third-order valence-corrected chi connectivity index (χ3v) is 5.09. The molecule has 5 nitrogen and oxygen atoms in total. The highest BCUT2D eigenvalue weighted by Gasteiger charge is 2.47. The van der Waals surface area contributed by atoms with Crippen molar-refractivity contribution in [2.45, 2.75) is 39.0 Å². The van der Waals surface area contributed by atoms with Crippen LogP contribution in [0.1, 0.15) is 37.7 Å². The summed E-state index contributed by atoms with van der Waals surface area (Å²) in [6, 6.07) is 5.17. The number of hydrogen-bond donors (Lipinski definition) is 0. The van der Waals surface area contributed by atoms with Crippen LogP contribution in [-0.4, -0.2) is 29.2 Å². The highest BCUT2D eigenvalue weighted by atomic mass is 35.5. The van der Waals surface area contributed by atoms with Gasteiger partial charge in [0.05, 0.1) is 23.3 Å². The molecule has 1 aromatic carbocycles. The van der Waals surface area contributed by atoms with Crippen molar-refractivity contribution in [3.05, 3.63) is 28.8 Å². The van der Waals surface area contributed by atoms with Gasteiger partial charge in [0.2, 0.25) is 11.8 Å². The minimum absolute atomic E-state index is 0.0266. The Morgan fingerprint density at radius 2 is 1.83 bits per heavy atom. The average Bonchev–Trinajstić information content (AvgIpc) is 2.81. The van der Waals surface area contributed by atoms with Crippen molar-refractivity contribution in [2.75, 3.05) is 6.54 Å². The number of nitrogens with zero attached hydrogens (tertiary/aromatic N) is 1. The van der Waals surface area contributed by atoms with Crippen molar-refractivity contribution in [3.63, 3.8) is 0 Å². The van der Waals surface area contributed by atoms with Gasteiger partial charge in [-0.15, -0.1) is 0 Å². The molecule has 0 unspecified atom stereocenters. The average molecular weight is 350 g/mol. The number of carbonyl (C=O) groups is 3. The molecule has 0 bridgehead atoms. The van der Waals surface area contributed by atoms with E-state index in [1.165, 1.54) is 4.90 Å². The Kier molecular flexibility index (Phi) is 4.90. The minimum Gasteiger partial charge on any atom is -0.425 e. The summed E-state index contributed by atoms with van der Waals surface area (Å²) in [4.78, 5) is 38.0. The summed E-state index contributed by atoms with van der Waals surface area (Å²) in [5, 5.41) is 0.355. The van der Waals surface area contributed by atoms with E-state index in [-0.39, 0.29) is 36.6 Å². The maximum atomic E-state index is 12.4. The number of carbonyl (C=O) groups excluding carboxylic acids is 3. The summed E-state index contributed by atoms with van der Waals surface area (Å²) >= 11 is 6.00. The van der Waals surface area contributed by atoms with Crippen molar-refractivity contribution in [1.82, 2.24) is 4.90 Å². The van der Waals surface area contributed by atoms with Crippen LogP contribution in [0.15, 0.2) is 18.2 Å². The lowest BCUT2D eigenvalue weighted by Crippen LogP contribution is -2.33. The number of imide groups is 1. The van der Waals surface area contributed by atoms with E-state index in [9.17, 15) is 14.4 Å². The summed E-state index contributed by atoms with van der Waals surface area (Å²) in [5.74, 6) is -0.841. The topological polar surface area (TPSA) is 63.7 Å². The minimum atomic E-state index is -0.502. The molecule has 1 saturated heterocycles. The van der Waals surface area contributed by atoms with Crippen LogP contribution in [0.4, 0.5) is 0 Å². The number of amides is 2. The first-order chi connectivity index (χ1) is 11.5. The van der Waals surface area contributed by atoms with E-state index < -0.39 is 5.97 Å². The van der Waals surface area contributed by atoms with Crippen LogP contribution in [0, 0.1) is 18.8 Å². The molecule has 1 heterocycles. The van der Waals surface area contributed by atoms with E-state index in [2.05, 4.69) is 0 Å². The molecule has 1 aliphatic heterocycles. The molecule has 128 valence electrons. The first kappa shape index (κ1) is 17.0. The fourth-order valence-electron chi connectivity index (χ4n) is 3.52. The van der Waals surface area contributed by atoms with Gasteiger partial charge in [-0.3, -0.25) is 19.3 Å². The first-order valence-corrected chi connectivity index (χ1v) is 8.67. The van der Waals surface area contributed by atoms with Gasteiger partial charge >= 0.3 is 5.97 Å². The van der Waals surface area contributed by atoms with Crippen molar-refractivity contribution < 1.29 is 19.1 Å². The molecule has 2 amide bonds. The fourth-order valence-corrected chi connectivity index (χ4v) is 3.67. The molecule has 2 fully saturated rings. The number of rotatable bonds is 4. The zero-order valence-corrected chi connectivity index (χ0v) is 14.3. The number of halogens is 1. The lowest BCUT2D eigenvalue weighted by molar-refractivity contribution is -0.141. The molecule has 6 heteroatoms. The van der Waals surface area contributed by atoms with Crippen molar-refractivity contribution in [2.24, 2.45) is 11.8 Å². The Bertz CT molecular complexity index is 664. The van der Waals surface area contributed by atoms with Gasteiger partial charge in [-0.05, 0) is 37.5 Å². The molecule has 0 aromatic heterocycles. The molecule has 3 rings (SSSR count). The van der Waals surface area contributed by atoms with Crippen molar-refractivity contribution >= 4 is 29.4 Å². The van der Waals surface area contributed by atoms with Gasteiger partial charge in [0.25, 0.3) is 0 Å². The molecule has 1 aliphatic carbocycles. The van der Waals surface area contributed by atoms with Crippen LogP contribution in [0.3, 0.4) is 0 Å². The zero-order valence-electron chi connectivity index (χ0n) is 13.6. The standard InChI is InChI=1S/C18H20ClNO4/c1-11-6-7-14(19)15(10-11)24-16(21)8-9-20-17(22)12-4-2-3-5-13(12)18(20)23/h6-7,10,12-13H,2-5,8-9H2,1H3/t12-,13+. The third-order valence-electron chi connectivity index (χ3n) is 4.78. The van der Waals surface area contributed by atoms with Gasteiger partial charge in [0.15, 0.2) is 0 Å². The summed E-state index contributed by atoms with van der Waals surface area (Å²) < 4.78 is 5.25. The lowest BCUT2D eigenvalue weighted by Gasteiger charge is -2.19. The van der Waals surface area contributed by atoms with Crippen LogP contribution in [0.5, 0.6) is 5.75 Å². The predicted molar refractivity (Wildman–Crippen MR) is 88.6 cm³/mol. The molecule has 1 aromatic rings.